The van der Waals surface area contributed by atoms with Crippen molar-refractivity contribution in [1.29, 1.82) is 0 Å². The van der Waals surface area contributed by atoms with Gasteiger partial charge in [-0.2, -0.15) is 0 Å². The molecule has 1 unspecified atom stereocenters. The van der Waals surface area contributed by atoms with Crippen molar-refractivity contribution in [3.8, 4) is 0 Å². The third kappa shape index (κ3) is 2.69. The number of hydrogen-bond acceptors (Lipinski definition) is 4. The largest absolute Gasteiger partial charge is 0.396 e. The summed E-state index contributed by atoms with van der Waals surface area (Å²) in [5.74, 6) is 0. The highest BCUT2D eigenvalue weighted by molar-refractivity contribution is 5.66. The van der Waals surface area contributed by atoms with Gasteiger partial charge in [0.2, 0.25) is 0 Å². The van der Waals surface area contributed by atoms with Crippen molar-refractivity contribution >= 4 is 11.4 Å². The number of pyridine rings is 1. The van der Waals surface area contributed by atoms with Crippen LogP contribution in [-0.4, -0.2) is 42.1 Å². The maximum absolute atomic E-state index is 5.95. The fourth-order valence-corrected chi connectivity index (χ4v) is 2.35. The van der Waals surface area contributed by atoms with Crippen LogP contribution >= 0.6 is 0 Å². The van der Waals surface area contributed by atoms with E-state index in [1.807, 2.05) is 12.3 Å². The Hall–Kier alpha value is -1.29. The van der Waals surface area contributed by atoms with Crippen molar-refractivity contribution < 1.29 is 0 Å². The number of hydrogen-bond donors (Lipinski definition) is 1. The van der Waals surface area contributed by atoms with Crippen molar-refractivity contribution in [2.24, 2.45) is 0 Å². The highest BCUT2D eigenvalue weighted by Gasteiger charge is 2.21. The number of aromatic nitrogens is 1. The molecule has 0 saturated carbocycles. The van der Waals surface area contributed by atoms with Gasteiger partial charge in [0.05, 0.1) is 17.6 Å². The molecule has 94 valence electrons. The van der Waals surface area contributed by atoms with Gasteiger partial charge in [0.15, 0.2) is 0 Å². The molecule has 1 aliphatic heterocycles. The molecule has 0 aliphatic carbocycles. The third-order valence-electron chi connectivity index (χ3n) is 3.70. The van der Waals surface area contributed by atoms with Crippen molar-refractivity contribution in [2.75, 3.05) is 36.8 Å². The van der Waals surface area contributed by atoms with Gasteiger partial charge in [-0.05, 0) is 19.4 Å². The van der Waals surface area contributed by atoms with E-state index in [1.165, 1.54) is 6.42 Å². The van der Waals surface area contributed by atoms with Crippen molar-refractivity contribution in [3.63, 3.8) is 0 Å². The predicted octanol–water partition coefficient (Wildman–Crippen LogP) is 1.58. The lowest BCUT2D eigenvalue weighted by Gasteiger charge is -2.39. The third-order valence-corrected chi connectivity index (χ3v) is 3.70. The van der Waals surface area contributed by atoms with Crippen LogP contribution in [0.25, 0.3) is 0 Å². The molecule has 0 spiro atoms. The summed E-state index contributed by atoms with van der Waals surface area (Å²) in [6.07, 6.45) is 4.76. The molecule has 1 fully saturated rings. The molecule has 0 bridgehead atoms. The molecule has 0 amide bonds. The Balaban J connectivity index is 1.98. The second-order valence-electron chi connectivity index (χ2n) is 4.71. The second kappa shape index (κ2) is 5.36. The van der Waals surface area contributed by atoms with E-state index >= 15 is 0 Å². The minimum atomic E-state index is 0.687. The Labute approximate surface area is 103 Å². The lowest BCUT2D eigenvalue weighted by Crippen LogP contribution is -2.49. The average molecular weight is 234 g/mol. The number of anilines is 2. The molecule has 1 aromatic heterocycles. The maximum atomic E-state index is 5.95. The van der Waals surface area contributed by atoms with E-state index in [0.29, 0.717) is 6.04 Å². The van der Waals surface area contributed by atoms with Crippen LogP contribution in [0.4, 0.5) is 11.4 Å². The number of nitrogen functional groups attached to an aromatic ring is 1. The molecular formula is C13H22N4. The molecule has 2 rings (SSSR count). The first-order valence-electron chi connectivity index (χ1n) is 6.41. The summed E-state index contributed by atoms with van der Waals surface area (Å²) in [6.45, 7) is 8.90. The van der Waals surface area contributed by atoms with Crippen molar-refractivity contribution in [2.45, 2.75) is 26.3 Å². The standard InChI is InChI=1S/C13H22N4/c1-3-11(2)16-6-8-17(9-7-16)13-4-5-15-10-12(13)14/h4-5,10-11H,3,6-9,14H2,1-2H3. The summed E-state index contributed by atoms with van der Waals surface area (Å²) in [7, 11) is 0. The lowest BCUT2D eigenvalue weighted by molar-refractivity contribution is 0.193. The Morgan fingerprint density at radius 1 is 1.35 bits per heavy atom. The number of nitrogens with two attached hydrogens (primary N) is 1. The fraction of sp³-hybridized carbons (Fsp3) is 0.615. The van der Waals surface area contributed by atoms with Crippen LogP contribution in [0, 0.1) is 0 Å². The van der Waals surface area contributed by atoms with E-state index in [1.54, 1.807) is 6.20 Å². The van der Waals surface area contributed by atoms with E-state index in [2.05, 4.69) is 28.6 Å². The normalized spacial score (nSPS) is 19.3. The van der Waals surface area contributed by atoms with E-state index in [-0.39, 0.29) is 0 Å². The molecule has 0 radical (unpaired) electrons. The molecule has 2 heterocycles. The van der Waals surface area contributed by atoms with Gasteiger partial charge in [-0.25, -0.2) is 0 Å². The zero-order valence-corrected chi connectivity index (χ0v) is 10.8. The Morgan fingerprint density at radius 3 is 2.65 bits per heavy atom. The molecule has 17 heavy (non-hydrogen) atoms. The highest BCUT2D eigenvalue weighted by Crippen LogP contribution is 2.23. The fourth-order valence-electron chi connectivity index (χ4n) is 2.35. The Morgan fingerprint density at radius 2 is 2.06 bits per heavy atom. The second-order valence-corrected chi connectivity index (χ2v) is 4.71. The van der Waals surface area contributed by atoms with Gasteiger partial charge < -0.3 is 10.6 Å². The van der Waals surface area contributed by atoms with E-state index < -0.39 is 0 Å². The molecule has 4 heteroatoms. The summed E-state index contributed by atoms with van der Waals surface area (Å²) in [4.78, 5) is 8.94. The van der Waals surface area contributed by atoms with Gasteiger partial charge >= 0.3 is 0 Å². The van der Waals surface area contributed by atoms with Gasteiger partial charge in [0.25, 0.3) is 0 Å². The minimum absolute atomic E-state index is 0.687. The molecule has 1 saturated heterocycles. The first kappa shape index (κ1) is 12.2. The first-order chi connectivity index (χ1) is 8.22. The summed E-state index contributed by atoms with van der Waals surface area (Å²) in [5, 5.41) is 0. The molecular weight excluding hydrogens is 212 g/mol. The molecule has 1 atom stereocenters. The van der Waals surface area contributed by atoms with Crippen LogP contribution in [0.5, 0.6) is 0 Å². The first-order valence-corrected chi connectivity index (χ1v) is 6.41. The monoisotopic (exact) mass is 234 g/mol. The molecule has 2 N–H and O–H groups in total. The van der Waals surface area contributed by atoms with Crippen LogP contribution in [0.3, 0.4) is 0 Å². The molecule has 1 aromatic rings. The summed E-state index contributed by atoms with van der Waals surface area (Å²) in [6, 6.07) is 2.70. The van der Waals surface area contributed by atoms with Crippen LogP contribution in [-0.2, 0) is 0 Å². The number of piperazine rings is 1. The maximum Gasteiger partial charge on any atom is 0.0738 e. The van der Waals surface area contributed by atoms with Crippen LogP contribution < -0.4 is 10.6 Å². The minimum Gasteiger partial charge on any atom is -0.396 e. The van der Waals surface area contributed by atoms with Crippen LogP contribution in [0.1, 0.15) is 20.3 Å². The van der Waals surface area contributed by atoms with Gasteiger partial charge in [0.1, 0.15) is 0 Å². The zero-order valence-electron chi connectivity index (χ0n) is 10.8. The SMILES string of the molecule is CCC(C)N1CCN(c2ccncc2N)CC1. The molecule has 0 aromatic carbocycles. The predicted molar refractivity (Wildman–Crippen MR) is 72.2 cm³/mol. The smallest absolute Gasteiger partial charge is 0.0738 e. The van der Waals surface area contributed by atoms with Gasteiger partial charge in [0, 0.05) is 38.4 Å². The van der Waals surface area contributed by atoms with Gasteiger partial charge in [-0.3, -0.25) is 9.88 Å². The molecule has 4 nitrogen and oxygen atoms in total. The van der Waals surface area contributed by atoms with Crippen LogP contribution in [0.2, 0.25) is 0 Å². The zero-order chi connectivity index (χ0) is 12.3. The van der Waals surface area contributed by atoms with Gasteiger partial charge in [-0.1, -0.05) is 6.92 Å². The summed E-state index contributed by atoms with van der Waals surface area (Å²) < 4.78 is 0. The Bertz CT molecular complexity index is 358. The van der Waals surface area contributed by atoms with E-state index in [4.69, 9.17) is 5.73 Å². The van der Waals surface area contributed by atoms with Crippen molar-refractivity contribution in [1.82, 2.24) is 9.88 Å². The average Bonchev–Trinajstić information content (AvgIpc) is 2.39. The summed E-state index contributed by atoms with van der Waals surface area (Å²) >= 11 is 0. The lowest BCUT2D eigenvalue weighted by atomic mass is 10.2. The molecule has 1 aliphatic rings. The topological polar surface area (TPSA) is 45.4 Å². The van der Waals surface area contributed by atoms with Crippen molar-refractivity contribution in [3.05, 3.63) is 18.5 Å². The Kier molecular flexibility index (Phi) is 3.84. The number of nitrogens with zero attached hydrogens (tertiary/aromatic N) is 3. The van der Waals surface area contributed by atoms with Gasteiger partial charge in [-0.15, -0.1) is 0 Å². The van der Waals surface area contributed by atoms with E-state index in [9.17, 15) is 0 Å². The van der Waals surface area contributed by atoms with E-state index in [0.717, 1.165) is 37.6 Å². The van der Waals surface area contributed by atoms with Crippen LogP contribution in [0.15, 0.2) is 18.5 Å². The summed E-state index contributed by atoms with van der Waals surface area (Å²) in [5.41, 5.74) is 7.86. The number of rotatable bonds is 3. The quantitative estimate of drug-likeness (QED) is 0.862. The highest BCUT2D eigenvalue weighted by atomic mass is 15.3.